The van der Waals surface area contributed by atoms with Crippen LogP contribution in [0.2, 0.25) is 0 Å². The summed E-state index contributed by atoms with van der Waals surface area (Å²) in [5, 5.41) is 13.0. The zero-order valence-corrected chi connectivity index (χ0v) is 8.55. The zero-order chi connectivity index (χ0) is 9.61. The molecule has 0 aromatic heterocycles. The fourth-order valence-corrected chi connectivity index (χ4v) is 0.960. The lowest BCUT2D eigenvalue weighted by Gasteiger charge is -2.30. The average molecular weight is 175 g/mol. The molecule has 12 heavy (non-hydrogen) atoms. The lowest BCUT2D eigenvalue weighted by molar-refractivity contribution is -0.0505. The van der Waals surface area contributed by atoms with E-state index in [1.807, 2.05) is 20.8 Å². The number of hydrogen-bond acceptors (Lipinski definition) is 3. The molecule has 0 aliphatic heterocycles. The summed E-state index contributed by atoms with van der Waals surface area (Å²) in [6, 6.07) is 0.0639. The monoisotopic (exact) mass is 175 g/mol. The van der Waals surface area contributed by atoms with E-state index in [0.717, 1.165) is 6.54 Å². The van der Waals surface area contributed by atoms with Crippen molar-refractivity contribution in [3.8, 4) is 0 Å². The van der Waals surface area contributed by atoms with E-state index >= 15 is 0 Å². The van der Waals surface area contributed by atoms with Gasteiger partial charge in [0.25, 0.3) is 0 Å². The molecule has 0 aromatic carbocycles. The molecule has 0 spiro atoms. The van der Waals surface area contributed by atoms with Gasteiger partial charge in [-0.2, -0.15) is 0 Å². The van der Waals surface area contributed by atoms with Crippen LogP contribution in [-0.4, -0.2) is 36.5 Å². The van der Waals surface area contributed by atoms with Gasteiger partial charge >= 0.3 is 0 Å². The average Bonchev–Trinajstić information content (AvgIpc) is 2.01. The zero-order valence-electron chi connectivity index (χ0n) is 8.55. The maximum absolute atomic E-state index is 9.86. The predicted octanol–water partition coefficient (Wildman–Crippen LogP) is 0.772. The second-order valence-corrected chi connectivity index (χ2v) is 3.27. The van der Waals surface area contributed by atoms with E-state index in [2.05, 4.69) is 5.32 Å². The van der Waals surface area contributed by atoms with Crippen molar-refractivity contribution >= 4 is 0 Å². The molecule has 0 bridgehead atoms. The summed E-state index contributed by atoms with van der Waals surface area (Å²) in [6.45, 7) is 9.59. The summed E-state index contributed by atoms with van der Waals surface area (Å²) in [7, 11) is 0. The first kappa shape index (κ1) is 11.9. The highest BCUT2D eigenvalue weighted by Gasteiger charge is 2.27. The third-order valence-electron chi connectivity index (χ3n) is 2.04. The van der Waals surface area contributed by atoms with Gasteiger partial charge in [-0.25, -0.2) is 0 Å². The molecule has 3 heteroatoms. The third-order valence-corrected chi connectivity index (χ3v) is 2.04. The standard InChI is InChI=1S/C9H21NO2/c1-5-10-8(3)9(4,11)7-12-6-2/h8,10-11H,5-7H2,1-4H3. The van der Waals surface area contributed by atoms with Crippen LogP contribution in [0.1, 0.15) is 27.7 Å². The topological polar surface area (TPSA) is 41.5 Å². The molecular formula is C9H21NO2. The molecule has 3 nitrogen and oxygen atoms in total. The van der Waals surface area contributed by atoms with Crippen LogP contribution >= 0.6 is 0 Å². The lowest BCUT2D eigenvalue weighted by Crippen LogP contribution is -2.49. The van der Waals surface area contributed by atoms with E-state index in [1.165, 1.54) is 0 Å². The Hall–Kier alpha value is -0.120. The van der Waals surface area contributed by atoms with E-state index in [1.54, 1.807) is 6.92 Å². The molecule has 0 rings (SSSR count). The summed E-state index contributed by atoms with van der Waals surface area (Å²) in [5.74, 6) is 0. The Morgan fingerprint density at radius 2 is 2.08 bits per heavy atom. The van der Waals surface area contributed by atoms with E-state index < -0.39 is 5.60 Å². The van der Waals surface area contributed by atoms with Gasteiger partial charge < -0.3 is 15.2 Å². The second-order valence-electron chi connectivity index (χ2n) is 3.27. The summed E-state index contributed by atoms with van der Waals surface area (Å²) in [4.78, 5) is 0. The van der Waals surface area contributed by atoms with Crippen LogP contribution < -0.4 is 5.32 Å². The van der Waals surface area contributed by atoms with Crippen LogP contribution in [-0.2, 0) is 4.74 Å². The number of aliphatic hydroxyl groups is 1. The Morgan fingerprint density at radius 1 is 1.50 bits per heavy atom. The normalized spacial score (nSPS) is 18.8. The summed E-state index contributed by atoms with van der Waals surface area (Å²) < 4.78 is 5.18. The third kappa shape index (κ3) is 4.04. The minimum Gasteiger partial charge on any atom is -0.386 e. The van der Waals surface area contributed by atoms with Crippen molar-refractivity contribution < 1.29 is 9.84 Å². The highest BCUT2D eigenvalue weighted by atomic mass is 16.5. The molecule has 2 unspecified atom stereocenters. The summed E-state index contributed by atoms with van der Waals surface area (Å²) in [5.41, 5.74) is -0.772. The lowest BCUT2D eigenvalue weighted by atomic mass is 9.99. The van der Waals surface area contributed by atoms with Gasteiger partial charge in [0.15, 0.2) is 0 Å². The highest BCUT2D eigenvalue weighted by molar-refractivity contribution is 4.83. The van der Waals surface area contributed by atoms with Crippen molar-refractivity contribution in [2.75, 3.05) is 19.8 Å². The highest BCUT2D eigenvalue weighted by Crippen LogP contribution is 2.09. The molecule has 0 amide bonds. The molecule has 0 radical (unpaired) electrons. The fourth-order valence-electron chi connectivity index (χ4n) is 0.960. The Kier molecular flexibility index (Phi) is 5.46. The van der Waals surface area contributed by atoms with E-state index in [9.17, 15) is 5.11 Å². The summed E-state index contributed by atoms with van der Waals surface area (Å²) in [6.07, 6.45) is 0. The van der Waals surface area contributed by atoms with Crippen molar-refractivity contribution in [3.05, 3.63) is 0 Å². The van der Waals surface area contributed by atoms with Gasteiger partial charge in [0, 0.05) is 12.6 Å². The summed E-state index contributed by atoms with van der Waals surface area (Å²) >= 11 is 0. The van der Waals surface area contributed by atoms with Crippen molar-refractivity contribution in [1.82, 2.24) is 5.32 Å². The Bertz CT molecular complexity index is 115. The largest absolute Gasteiger partial charge is 0.386 e. The van der Waals surface area contributed by atoms with E-state index in [0.29, 0.717) is 13.2 Å². The van der Waals surface area contributed by atoms with Crippen LogP contribution in [0, 0.1) is 0 Å². The molecule has 0 aromatic rings. The van der Waals surface area contributed by atoms with Gasteiger partial charge in [-0.15, -0.1) is 0 Å². The van der Waals surface area contributed by atoms with E-state index in [4.69, 9.17) is 4.74 Å². The van der Waals surface area contributed by atoms with Crippen LogP contribution in [0.15, 0.2) is 0 Å². The van der Waals surface area contributed by atoms with Crippen LogP contribution in [0.25, 0.3) is 0 Å². The first-order valence-electron chi connectivity index (χ1n) is 4.58. The Morgan fingerprint density at radius 3 is 2.50 bits per heavy atom. The van der Waals surface area contributed by atoms with Crippen molar-refractivity contribution in [3.63, 3.8) is 0 Å². The van der Waals surface area contributed by atoms with Gasteiger partial charge in [0.1, 0.15) is 5.60 Å². The molecular weight excluding hydrogens is 154 g/mol. The molecule has 74 valence electrons. The minimum atomic E-state index is -0.772. The van der Waals surface area contributed by atoms with Gasteiger partial charge in [0.05, 0.1) is 6.61 Å². The molecule has 2 N–H and O–H groups in total. The maximum atomic E-state index is 9.86. The molecule has 0 aliphatic rings. The number of likely N-dealkylation sites (N-methyl/N-ethyl adjacent to an activating group) is 1. The van der Waals surface area contributed by atoms with Crippen molar-refractivity contribution in [2.45, 2.75) is 39.3 Å². The fraction of sp³-hybridized carbons (Fsp3) is 1.00. The number of ether oxygens (including phenoxy) is 1. The van der Waals surface area contributed by atoms with E-state index in [-0.39, 0.29) is 6.04 Å². The molecule has 0 heterocycles. The van der Waals surface area contributed by atoms with Crippen LogP contribution in [0.5, 0.6) is 0 Å². The van der Waals surface area contributed by atoms with Crippen LogP contribution in [0.3, 0.4) is 0 Å². The number of hydrogen-bond donors (Lipinski definition) is 2. The molecule has 2 atom stereocenters. The molecule has 0 fully saturated rings. The number of nitrogens with one attached hydrogen (secondary N) is 1. The van der Waals surface area contributed by atoms with Gasteiger partial charge in [0.2, 0.25) is 0 Å². The second kappa shape index (κ2) is 5.51. The SMILES string of the molecule is CCNC(C)C(C)(O)COCC. The minimum absolute atomic E-state index is 0.0639. The predicted molar refractivity (Wildman–Crippen MR) is 50.3 cm³/mol. The maximum Gasteiger partial charge on any atom is 0.100 e. The van der Waals surface area contributed by atoms with Crippen molar-refractivity contribution in [1.29, 1.82) is 0 Å². The first-order valence-corrected chi connectivity index (χ1v) is 4.58. The smallest absolute Gasteiger partial charge is 0.100 e. The Labute approximate surface area is 75.1 Å². The molecule has 0 aliphatic carbocycles. The van der Waals surface area contributed by atoms with Gasteiger partial charge in [-0.1, -0.05) is 6.92 Å². The first-order chi connectivity index (χ1) is 5.54. The van der Waals surface area contributed by atoms with Crippen molar-refractivity contribution in [2.24, 2.45) is 0 Å². The molecule has 0 saturated heterocycles. The Balaban J connectivity index is 3.81. The van der Waals surface area contributed by atoms with Crippen LogP contribution in [0.4, 0.5) is 0 Å². The van der Waals surface area contributed by atoms with Gasteiger partial charge in [-0.3, -0.25) is 0 Å². The molecule has 0 saturated carbocycles. The number of rotatable bonds is 6. The van der Waals surface area contributed by atoms with Gasteiger partial charge in [-0.05, 0) is 27.3 Å². The quantitative estimate of drug-likeness (QED) is 0.626.